The molecule has 2 rings (SSSR count). The molecule has 0 aliphatic carbocycles. The molecule has 0 radical (unpaired) electrons. The first kappa shape index (κ1) is 20.6. The van der Waals surface area contributed by atoms with Crippen molar-refractivity contribution in [3.63, 3.8) is 0 Å². The molecule has 0 unspecified atom stereocenters. The standard InChI is InChI=1S/C20H26N2O5/c1-11(2)13(5)21-16(23)10-27-20(26)17(12(3)4)22-18(24)14-8-6-7-9-15(14)19(22)25/h6-9,11-13,17H,10H2,1-5H3,(H,21,23)/t13-,17+/m1/s1. The molecule has 1 aromatic carbocycles. The van der Waals surface area contributed by atoms with Gasteiger partial charge in [0.15, 0.2) is 6.61 Å². The lowest BCUT2D eigenvalue weighted by molar-refractivity contribution is -0.153. The molecule has 7 nitrogen and oxygen atoms in total. The summed E-state index contributed by atoms with van der Waals surface area (Å²) >= 11 is 0. The van der Waals surface area contributed by atoms with Crippen molar-refractivity contribution in [3.8, 4) is 0 Å². The first-order valence-electron chi connectivity index (χ1n) is 9.08. The summed E-state index contributed by atoms with van der Waals surface area (Å²) in [5, 5.41) is 2.74. The number of carbonyl (C=O) groups is 4. The van der Waals surface area contributed by atoms with E-state index in [0.29, 0.717) is 0 Å². The number of carbonyl (C=O) groups excluding carboxylic acids is 4. The van der Waals surface area contributed by atoms with Crippen molar-refractivity contribution >= 4 is 23.7 Å². The van der Waals surface area contributed by atoms with E-state index in [-0.39, 0.29) is 29.0 Å². The molecule has 0 spiro atoms. The number of nitrogens with zero attached hydrogens (tertiary/aromatic N) is 1. The Morgan fingerprint density at radius 2 is 1.48 bits per heavy atom. The van der Waals surface area contributed by atoms with Gasteiger partial charge in [0.1, 0.15) is 6.04 Å². The van der Waals surface area contributed by atoms with Crippen molar-refractivity contribution in [1.82, 2.24) is 10.2 Å². The minimum absolute atomic E-state index is 0.0617. The largest absolute Gasteiger partial charge is 0.454 e. The molecule has 0 saturated heterocycles. The molecular weight excluding hydrogens is 348 g/mol. The van der Waals surface area contributed by atoms with Crippen LogP contribution in [0.2, 0.25) is 0 Å². The molecule has 0 saturated carbocycles. The van der Waals surface area contributed by atoms with Crippen molar-refractivity contribution in [2.75, 3.05) is 6.61 Å². The van der Waals surface area contributed by atoms with E-state index in [4.69, 9.17) is 4.74 Å². The van der Waals surface area contributed by atoms with Crippen LogP contribution >= 0.6 is 0 Å². The summed E-state index contributed by atoms with van der Waals surface area (Å²) in [5.74, 6) is -2.36. The molecule has 1 aromatic rings. The maximum Gasteiger partial charge on any atom is 0.330 e. The van der Waals surface area contributed by atoms with Crippen LogP contribution in [0.1, 0.15) is 55.3 Å². The summed E-state index contributed by atoms with van der Waals surface area (Å²) in [4.78, 5) is 50.7. The van der Waals surface area contributed by atoms with Gasteiger partial charge in [-0.15, -0.1) is 0 Å². The maximum atomic E-state index is 12.6. The fourth-order valence-corrected chi connectivity index (χ4v) is 2.82. The highest BCUT2D eigenvalue weighted by atomic mass is 16.5. The number of nitrogens with one attached hydrogen (secondary N) is 1. The van der Waals surface area contributed by atoms with Crippen molar-refractivity contribution in [2.24, 2.45) is 11.8 Å². The van der Waals surface area contributed by atoms with Gasteiger partial charge in [-0.1, -0.05) is 39.8 Å². The predicted octanol–water partition coefficient (Wildman–Crippen LogP) is 2.01. The van der Waals surface area contributed by atoms with Gasteiger partial charge in [0, 0.05) is 6.04 Å². The number of hydrogen-bond donors (Lipinski definition) is 1. The molecule has 146 valence electrons. The van der Waals surface area contributed by atoms with Crippen LogP contribution in [-0.4, -0.2) is 47.3 Å². The number of hydrogen-bond acceptors (Lipinski definition) is 5. The highest BCUT2D eigenvalue weighted by Crippen LogP contribution is 2.27. The smallest absolute Gasteiger partial charge is 0.330 e. The van der Waals surface area contributed by atoms with E-state index in [2.05, 4.69) is 5.32 Å². The first-order chi connectivity index (χ1) is 12.6. The Balaban J connectivity index is 2.10. The topological polar surface area (TPSA) is 92.8 Å². The third kappa shape index (κ3) is 4.35. The van der Waals surface area contributed by atoms with Crippen LogP contribution < -0.4 is 5.32 Å². The van der Waals surface area contributed by atoms with Crippen molar-refractivity contribution in [3.05, 3.63) is 35.4 Å². The van der Waals surface area contributed by atoms with E-state index in [1.807, 2.05) is 20.8 Å². The highest BCUT2D eigenvalue weighted by molar-refractivity contribution is 6.22. The molecule has 1 N–H and O–H groups in total. The lowest BCUT2D eigenvalue weighted by Gasteiger charge is -2.27. The zero-order valence-corrected chi connectivity index (χ0v) is 16.3. The number of esters is 1. The maximum absolute atomic E-state index is 12.6. The lowest BCUT2D eigenvalue weighted by Crippen LogP contribution is -2.49. The van der Waals surface area contributed by atoms with Crippen molar-refractivity contribution < 1.29 is 23.9 Å². The molecule has 3 amide bonds. The van der Waals surface area contributed by atoms with Crippen LogP contribution in [0.5, 0.6) is 0 Å². The number of amides is 3. The fraction of sp³-hybridized carbons (Fsp3) is 0.500. The summed E-state index contributed by atoms with van der Waals surface area (Å²) in [6.45, 7) is 8.77. The van der Waals surface area contributed by atoms with Gasteiger partial charge in [0.2, 0.25) is 0 Å². The quantitative estimate of drug-likeness (QED) is 0.582. The Hall–Kier alpha value is -2.70. The van der Waals surface area contributed by atoms with Crippen molar-refractivity contribution in [2.45, 2.75) is 46.7 Å². The lowest BCUT2D eigenvalue weighted by atomic mass is 10.0. The van der Waals surface area contributed by atoms with E-state index < -0.39 is 36.3 Å². The molecule has 1 aliphatic heterocycles. The summed E-state index contributed by atoms with van der Waals surface area (Å²) in [6, 6.07) is 5.28. The minimum atomic E-state index is -1.09. The summed E-state index contributed by atoms with van der Waals surface area (Å²) in [7, 11) is 0. The molecule has 2 atom stereocenters. The van der Waals surface area contributed by atoms with Crippen LogP contribution in [0.25, 0.3) is 0 Å². The minimum Gasteiger partial charge on any atom is -0.454 e. The Kier molecular flexibility index (Phi) is 6.36. The van der Waals surface area contributed by atoms with E-state index in [9.17, 15) is 19.2 Å². The summed E-state index contributed by atoms with van der Waals surface area (Å²) in [5.41, 5.74) is 0.536. The second-order valence-electron chi connectivity index (χ2n) is 7.42. The van der Waals surface area contributed by atoms with Gasteiger partial charge in [0.05, 0.1) is 11.1 Å². The SMILES string of the molecule is CC(C)[C@@H](C(=O)OCC(=O)N[C@H](C)C(C)C)N1C(=O)c2ccccc2C1=O. The third-order valence-electron chi connectivity index (χ3n) is 4.71. The third-order valence-corrected chi connectivity index (χ3v) is 4.71. The van der Waals surface area contributed by atoms with Gasteiger partial charge in [-0.3, -0.25) is 19.3 Å². The monoisotopic (exact) mass is 374 g/mol. The van der Waals surface area contributed by atoms with Gasteiger partial charge in [0.25, 0.3) is 17.7 Å². The molecule has 0 fully saturated rings. The Labute approximate surface area is 159 Å². The van der Waals surface area contributed by atoms with Crippen LogP contribution in [-0.2, 0) is 14.3 Å². The van der Waals surface area contributed by atoms with Crippen LogP contribution in [0.3, 0.4) is 0 Å². The van der Waals surface area contributed by atoms with Gasteiger partial charge in [-0.2, -0.15) is 0 Å². The number of rotatable bonds is 7. The zero-order chi connectivity index (χ0) is 20.3. The highest BCUT2D eigenvalue weighted by Gasteiger charge is 2.44. The van der Waals surface area contributed by atoms with Crippen molar-refractivity contribution in [1.29, 1.82) is 0 Å². The van der Waals surface area contributed by atoms with Crippen LogP contribution in [0, 0.1) is 11.8 Å². The van der Waals surface area contributed by atoms with Gasteiger partial charge < -0.3 is 10.1 Å². The summed E-state index contributed by atoms with van der Waals surface area (Å²) < 4.78 is 5.12. The predicted molar refractivity (Wildman–Crippen MR) is 99.0 cm³/mol. The van der Waals surface area contributed by atoms with Gasteiger partial charge >= 0.3 is 5.97 Å². The second kappa shape index (κ2) is 8.33. The fourth-order valence-electron chi connectivity index (χ4n) is 2.82. The molecular formula is C20H26N2O5. The zero-order valence-electron chi connectivity index (χ0n) is 16.3. The summed E-state index contributed by atoms with van der Waals surface area (Å²) in [6.07, 6.45) is 0. The molecule has 7 heteroatoms. The first-order valence-corrected chi connectivity index (χ1v) is 9.08. The van der Waals surface area contributed by atoms with E-state index in [1.165, 1.54) is 0 Å². The van der Waals surface area contributed by atoms with Crippen LogP contribution in [0.15, 0.2) is 24.3 Å². The normalized spacial score (nSPS) is 15.7. The Morgan fingerprint density at radius 3 is 1.93 bits per heavy atom. The molecule has 0 bridgehead atoms. The molecule has 1 aliphatic rings. The number of ether oxygens (including phenoxy) is 1. The van der Waals surface area contributed by atoms with E-state index in [0.717, 1.165) is 4.90 Å². The average Bonchev–Trinajstić information content (AvgIpc) is 2.85. The number of benzene rings is 1. The van der Waals surface area contributed by atoms with E-state index in [1.54, 1.807) is 38.1 Å². The van der Waals surface area contributed by atoms with Crippen LogP contribution in [0.4, 0.5) is 0 Å². The Bertz CT molecular complexity index is 721. The molecule has 1 heterocycles. The number of fused-ring (bicyclic) bond motifs is 1. The van der Waals surface area contributed by atoms with Gasteiger partial charge in [-0.25, -0.2) is 4.79 Å². The van der Waals surface area contributed by atoms with Gasteiger partial charge in [-0.05, 0) is 30.9 Å². The average molecular weight is 374 g/mol. The number of imide groups is 1. The molecule has 0 aromatic heterocycles. The molecule has 27 heavy (non-hydrogen) atoms. The Morgan fingerprint density at radius 1 is 0.963 bits per heavy atom. The van der Waals surface area contributed by atoms with E-state index >= 15 is 0 Å². The second-order valence-corrected chi connectivity index (χ2v) is 7.42.